The summed E-state index contributed by atoms with van der Waals surface area (Å²) >= 11 is 6.38. The number of benzene rings is 1. The zero-order chi connectivity index (χ0) is 26.9. The molecule has 12 nitrogen and oxygen atoms in total. The highest BCUT2D eigenvalue weighted by atomic mass is 35.5. The predicted octanol–water partition coefficient (Wildman–Crippen LogP) is 3.02. The van der Waals surface area contributed by atoms with Gasteiger partial charge in [-0.3, -0.25) is 14.4 Å². The molecule has 1 aliphatic heterocycles. The Bertz CT molecular complexity index is 1400. The van der Waals surface area contributed by atoms with Gasteiger partial charge in [0.05, 0.1) is 22.6 Å². The molecule has 0 aliphatic carbocycles. The van der Waals surface area contributed by atoms with Crippen LogP contribution in [-0.4, -0.2) is 23.9 Å². The number of anilines is 3. The van der Waals surface area contributed by atoms with Crippen molar-refractivity contribution < 1.29 is 9.21 Å². The lowest BCUT2D eigenvalue weighted by molar-refractivity contribution is 0.0778. The molecule has 0 bridgehead atoms. The van der Waals surface area contributed by atoms with Gasteiger partial charge in [-0.25, -0.2) is 5.43 Å². The number of aryl methyl sites for hydroxylation is 1. The Morgan fingerprint density at radius 1 is 1.11 bits per heavy atom. The van der Waals surface area contributed by atoms with Crippen LogP contribution in [0.2, 0.25) is 5.02 Å². The van der Waals surface area contributed by atoms with Crippen molar-refractivity contribution in [1.29, 1.82) is 0 Å². The summed E-state index contributed by atoms with van der Waals surface area (Å²) in [5.74, 6) is 1.09. The SMILES string of the molecule is Cc1ccc([C@H](Nc2c(Nc3ccc(Cl)c4c3C(=O)N(CCNNNN=O)C4)c(=O)c2=O)C(C)(C)C)o1. The molecule has 2 aromatic carbocycles. The molecule has 37 heavy (non-hydrogen) atoms. The van der Waals surface area contributed by atoms with E-state index in [4.69, 9.17) is 16.0 Å². The van der Waals surface area contributed by atoms with Crippen molar-refractivity contribution in [2.45, 2.75) is 40.3 Å². The second-order valence-corrected chi connectivity index (χ2v) is 10.3. The van der Waals surface area contributed by atoms with Gasteiger partial charge in [0.1, 0.15) is 22.9 Å². The number of hydrogen-bond acceptors (Lipinski definition) is 10. The minimum absolute atomic E-state index is 0.0802. The Labute approximate surface area is 217 Å². The van der Waals surface area contributed by atoms with Crippen molar-refractivity contribution in [2.75, 3.05) is 23.7 Å². The molecule has 5 N–H and O–H groups in total. The van der Waals surface area contributed by atoms with Crippen LogP contribution in [-0.2, 0) is 6.54 Å². The highest BCUT2D eigenvalue weighted by molar-refractivity contribution is 6.32. The molecule has 1 atom stereocenters. The monoisotopic (exact) mass is 529 g/mol. The second kappa shape index (κ2) is 10.3. The number of amides is 1. The molecule has 0 unspecified atom stereocenters. The Hall–Kier alpha value is -3.74. The third-order valence-electron chi connectivity index (χ3n) is 6.17. The molecule has 3 aromatic rings. The lowest BCUT2D eigenvalue weighted by Crippen LogP contribution is -2.44. The zero-order valence-electron chi connectivity index (χ0n) is 20.8. The van der Waals surface area contributed by atoms with Crippen LogP contribution in [0.4, 0.5) is 17.1 Å². The van der Waals surface area contributed by atoms with E-state index in [1.54, 1.807) is 17.0 Å². The first-order chi connectivity index (χ1) is 17.5. The van der Waals surface area contributed by atoms with E-state index < -0.39 is 10.9 Å². The van der Waals surface area contributed by atoms with E-state index in [2.05, 4.69) is 26.9 Å². The lowest BCUT2D eigenvalue weighted by Gasteiger charge is -2.31. The first-order valence-electron chi connectivity index (χ1n) is 11.6. The smallest absolute Gasteiger partial charge is 0.256 e. The summed E-state index contributed by atoms with van der Waals surface area (Å²) < 4.78 is 5.81. The van der Waals surface area contributed by atoms with Crippen molar-refractivity contribution in [1.82, 2.24) is 21.4 Å². The summed E-state index contributed by atoms with van der Waals surface area (Å²) in [6.45, 7) is 8.71. The summed E-state index contributed by atoms with van der Waals surface area (Å²) in [7, 11) is 0. The van der Waals surface area contributed by atoms with Gasteiger partial charge in [-0.15, -0.1) is 4.91 Å². The fraction of sp³-hybridized carbons (Fsp3) is 0.375. The standard InChI is InChI=1S/C24H28ClN7O5/c1-12-5-8-16(37-12)22(24(2,3)4)28-19-18(20(33)21(19)34)27-15-7-6-14(25)13-11-32(23(35)17(13)15)10-9-26-29-30-31-36/h5-8,22,27-28H,9-11H2,1-4H3,(H,29,31)(H2,26,30,36)/t22-/m0/s1. The van der Waals surface area contributed by atoms with Crippen LogP contribution in [0.5, 0.6) is 0 Å². The highest BCUT2D eigenvalue weighted by Crippen LogP contribution is 2.39. The number of nitroso groups, excluding NO2 is 1. The van der Waals surface area contributed by atoms with Gasteiger partial charge in [0.2, 0.25) is 0 Å². The average molecular weight is 530 g/mol. The first kappa shape index (κ1) is 26.3. The van der Waals surface area contributed by atoms with Crippen LogP contribution in [0.1, 0.15) is 54.3 Å². The Morgan fingerprint density at radius 3 is 2.49 bits per heavy atom. The summed E-state index contributed by atoms with van der Waals surface area (Å²) in [5.41, 5.74) is 6.94. The molecule has 1 aliphatic rings. The minimum Gasteiger partial charge on any atom is -0.464 e. The van der Waals surface area contributed by atoms with E-state index >= 15 is 0 Å². The number of hydrogen-bond donors (Lipinski definition) is 5. The van der Waals surface area contributed by atoms with E-state index in [0.29, 0.717) is 40.7 Å². The highest BCUT2D eigenvalue weighted by Gasteiger charge is 2.35. The third kappa shape index (κ3) is 5.22. The van der Waals surface area contributed by atoms with Crippen molar-refractivity contribution in [3.8, 4) is 0 Å². The zero-order valence-corrected chi connectivity index (χ0v) is 21.6. The molecular weight excluding hydrogens is 502 g/mol. The fourth-order valence-corrected chi connectivity index (χ4v) is 4.51. The fourth-order valence-electron chi connectivity index (χ4n) is 4.29. The maximum Gasteiger partial charge on any atom is 0.256 e. The van der Waals surface area contributed by atoms with E-state index in [1.165, 1.54) is 0 Å². The number of halogens is 1. The van der Waals surface area contributed by atoms with Crippen LogP contribution < -0.4 is 38.0 Å². The molecule has 4 rings (SSSR count). The lowest BCUT2D eigenvalue weighted by atomic mass is 9.85. The van der Waals surface area contributed by atoms with Crippen LogP contribution in [0.25, 0.3) is 0 Å². The third-order valence-corrected chi connectivity index (χ3v) is 6.53. The average Bonchev–Trinajstić information content (AvgIpc) is 3.42. The van der Waals surface area contributed by atoms with Crippen molar-refractivity contribution >= 4 is 34.6 Å². The molecule has 13 heteroatoms. The van der Waals surface area contributed by atoms with Crippen LogP contribution in [0.15, 0.2) is 43.6 Å². The molecule has 0 fully saturated rings. The van der Waals surface area contributed by atoms with E-state index in [0.717, 1.165) is 5.76 Å². The van der Waals surface area contributed by atoms with E-state index in [9.17, 15) is 19.3 Å². The number of rotatable bonds is 11. The van der Waals surface area contributed by atoms with Gasteiger partial charge in [0.15, 0.2) is 0 Å². The van der Waals surface area contributed by atoms with Gasteiger partial charge in [-0.05, 0) is 36.6 Å². The van der Waals surface area contributed by atoms with Gasteiger partial charge in [-0.1, -0.05) is 32.4 Å². The maximum atomic E-state index is 13.2. The van der Waals surface area contributed by atoms with Gasteiger partial charge >= 0.3 is 0 Å². The number of carbonyl (C=O) groups is 1. The Kier molecular flexibility index (Phi) is 7.35. The molecular formula is C24H28ClN7O5. The molecule has 0 saturated heterocycles. The summed E-state index contributed by atoms with van der Waals surface area (Å²) in [4.78, 5) is 50.0. The van der Waals surface area contributed by atoms with Crippen molar-refractivity contribution in [3.63, 3.8) is 0 Å². The number of furan rings is 1. The number of carbonyl (C=O) groups excluding carboxylic acids is 1. The summed E-state index contributed by atoms with van der Waals surface area (Å²) in [6, 6.07) is 6.54. The molecule has 0 saturated carbocycles. The topological polar surface area (TPSA) is 157 Å². The second-order valence-electron chi connectivity index (χ2n) is 9.86. The van der Waals surface area contributed by atoms with Crippen molar-refractivity contribution in [3.05, 3.63) is 77.3 Å². The van der Waals surface area contributed by atoms with Crippen LogP contribution >= 0.6 is 11.6 Å². The Morgan fingerprint density at radius 2 is 1.84 bits per heavy atom. The van der Waals surface area contributed by atoms with Crippen LogP contribution in [0.3, 0.4) is 0 Å². The maximum absolute atomic E-state index is 13.2. The van der Waals surface area contributed by atoms with Gasteiger partial charge in [0.25, 0.3) is 16.8 Å². The van der Waals surface area contributed by atoms with Crippen LogP contribution in [0, 0.1) is 17.2 Å². The molecule has 1 amide bonds. The normalized spacial score (nSPS) is 14.1. The molecule has 2 heterocycles. The van der Waals surface area contributed by atoms with Crippen molar-refractivity contribution in [2.24, 2.45) is 10.7 Å². The Balaban J connectivity index is 1.58. The summed E-state index contributed by atoms with van der Waals surface area (Å²) in [6.07, 6.45) is 0. The molecule has 0 radical (unpaired) electrons. The minimum atomic E-state index is -0.677. The predicted molar refractivity (Wildman–Crippen MR) is 140 cm³/mol. The van der Waals surface area contributed by atoms with Gasteiger partial charge in [-0.2, -0.15) is 11.1 Å². The largest absolute Gasteiger partial charge is 0.464 e. The van der Waals surface area contributed by atoms with Gasteiger partial charge < -0.3 is 20.0 Å². The molecule has 0 spiro atoms. The van der Waals surface area contributed by atoms with Gasteiger partial charge in [0, 0.05) is 30.2 Å². The molecule has 1 aromatic heterocycles. The number of hydrazine groups is 2. The quantitative estimate of drug-likeness (QED) is 0.108. The number of nitrogens with zero attached hydrogens (tertiary/aromatic N) is 2. The van der Waals surface area contributed by atoms with E-state index in [1.807, 2.05) is 45.4 Å². The number of nitrogens with one attached hydrogen (secondary N) is 5. The first-order valence-corrected chi connectivity index (χ1v) is 12.0. The number of fused-ring (bicyclic) bond motifs is 1. The summed E-state index contributed by atoms with van der Waals surface area (Å²) in [5, 5.41) is 9.06. The molecule has 196 valence electrons. The van der Waals surface area contributed by atoms with E-state index in [-0.39, 0.29) is 35.3 Å².